The number of hydrogen-bond donors (Lipinski definition) is 0. The van der Waals surface area contributed by atoms with Gasteiger partial charge in [0.1, 0.15) is 5.78 Å². The van der Waals surface area contributed by atoms with E-state index in [-0.39, 0.29) is 18.1 Å². The van der Waals surface area contributed by atoms with Crippen LogP contribution in [0.3, 0.4) is 0 Å². The van der Waals surface area contributed by atoms with Crippen molar-refractivity contribution in [3.63, 3.8) is 0 Å². The van der Waals surface area contributed by atoms with Crippen molar-refractivity contribution in [2.45, 2.75) is 19.3 Å². The monoisotopic (exact) mass is 197 g/mol. The minimum Gasteiger partial charge on any atom is -0.381 e. The number of rotatable bonds is 2. The predicted octanol–water partition coefficient (Wildman–Crippen LogP) is 0.214. The topological polar surface area (TPSA) is 46.6 Å². The molecule has 0 aromatic carbocycles. The van der Waals surface area contributed by atoms with Crippen molar-refractivity contribution in [3.05, 3.63) is 0 Å². The SMILES string of the molecule is O=C1CCN(CC2CCOC2)C(=O)C1. The molecule has 2 fully saturated rings. The second kappa shape index (κ2) is 4.09. The third-order valence-electron chi connectivity index (χ3n) is 2.86. The van der Waals surface area contributed by atoms with Gasteiger partial charge in [-0.25, -0.2) is 0 Å². The van der Waals surface area contributed by atoms with E-state index in [0.29, 0.717) is 18.9 Å². The van der Waals surface area contributed by atoms with Crippen LogP contribution in [0.5, 0.6) is 0 Å². The summed E-state index contributed by atoms with van der Waals surface area (Å²) in [7, 11) is 0. The molecule has 1 amide bonds. The van der Waals surface area contributed by atoms with Crippen molar-refractivity contribution in [1.29, 1.82) is 0 Å². The van der Waals surface area contributed by atoms with Crippen molar-refractivity contribution in [2.75, 3.05) is 26.3 Å². The summed E-state index contributed by atoms with van der Waals surface area (Å²) in [6, 6.07) is 0. The molecule has 2 saturated heterocycles. The molecule has 0 spiro atoms. The first kappa shape index (κ1) is 9.65. The molecular formula is C10H15NO3. The summed E-state index contributed by atoms with van der Waals surface area (Å²) in [4.78, 5) is 24.2. The van der Waals surface area contributed by atoms with Gasteiger partial charge in [0.15, 0.2) is 0 Å². The Morgan fingerprint density at radius 3 is 2.93 bits per heavy atom. The predicted molar refractivity (Wildman–Crippen MR) is 49.7 cm³/mol. The molecule has 0 aliphatic carbocycles. The van der Waals surface area contributed by atoms with E-state index in [4.69, 9.17) is 4.74 Å². The van der Waals surface area contributed by atoms with Crippen LogP contribution < -0.4 is 0 Å². The second-order valence-electron chi connectivity index (χ2n) is 4.03. The summed E-state index contributed by atoms with van der Waals surface area (Å²) >= 11 is 0. The van der Waals surface area contributed by atoms with Gasteiger partial charge in [-0.1, -0.05) is 0 Å². The number of Topliss-reactive ketones (excluding diaryl/α,β-unsaturated/α-hetero) is 1. The van der Waals surface area contributed by atoms with Crippen LogP contribution in [0, 0.1) is 5.92 Å². The third-order valence-corrected chi connectivity index (χ3v) is 2.86. The van der Waals surface area contributed by atoms with Crippen LogP contribution in [-0.2, 0) is 14.3 Å². The van der Waals surface area contributed by atoms with Crippen molar-refractivity contribution >= 4 is 11.7 Å². The highest BCUT2D eigenvalue weighted by atomic mass is 16.5. The molecule has 78 valence electrons. The van der Waals surface area contributed by atoms with Gasteiger partial charge in [0.05, 0.1) is 13.0 Å². The zero-order valence-electron chi connectivity index (χ0n) is 8.20. The van der Waals surface area contributed by atoms with Crippen LogP contribution in [0.2, 0.25) is 0 Å². The Kier molecular flexibility index (Phi) is 2.82. The molecule has 14 heavy (non-hydrogen) atoms. The maximum Gasteiger partial charge on any atom is 0.230 e. The molecule has 0 aromatic rings. The average molecular weight is 197 g/mol. The number of ether oxygens (including phenoxy) is 1. The van der Waals surface area contributed by atoms with Crippen molar-refractivity contribution < 1.29 is 14.3 Å². The number of piperidine rings is 1. The van der Waals surface area contributed by atoms with Gasteiger partial charge in [0.25, 0.3) is 0 Å². The molecule has 2 aliphatic rings. The molecule has 0 aromatic heterocycles. The number of hydrogen-bond acceptors (Lipinski definition) is 3. The summed E-state index contributed by atoms with van der Waals surface area (Å²) in [6.45, 7) is 2.95. The molecule has 0 saturated carbocycles. The first-order valence-electron chi connectivity index (χ1n) is 5.13. The zero-order valence-corrected chi connectivity index (χ0v) is 8.20. The highest BCUT2D eigenvalue weighted by molar-refractivity contribution is 6.00. The highest BCUT2D eigenvalue weighted by Gasteiger charge is 2.27. The lowest BCUT2D eigenvalue weighted by molar-refractivity contribution is -0.139. The summed E-state index contributed by atoms with van der Waals surface area (Å²) in [5.74, 6) is 0.550. The largest absolute Gasteiger partial charge is 0.381 e. The van der Waals surface area contributed by atoms with Gasteiger partial charge in [0, 0.05) is 32.0 Å². The quantitative estimate of drug-likeness (QED) is 0.595. The van der Waals surface area contributed by atoms with Gasteiger partial charge in [0.2, 0.25) is 5.91 Å². The van der Waals surface area contributed by atoms with E-state index in [9.17, 15) is 9.59 Å². The van der Waals surface area contributed by atoms with Crippen LogP contribution in [0.4, 0.5) is 0 Å². The number of nitrogens with zero attached hydrogens (tertiary/aromatic N) is 1. The molecule has 4 heteroatoms. The van der Waals surface area contributed by atoms with Gasteiger partial charge in [-0.3, -0.25) is 9.59 Å². The van der Waals surface area contributed by atoms with Gasteiger partial charge < -0.3 is 9.64 Å². The molecular weight excluding hydrogens is 182 g/mol. The molecule has 0 N–H and O–H groups in total. The molecule has 2 rings (SSSR count). The van der Waals surface area contributed by atoms with Crippen LogP contribution in [0.15, 0.2) is 0 Å². The number of likely N-dealkylation sites (tertiary alicyclic amines) is 1. The lowest BCUT2D eigenvalue weighted by Gasteiger charge is -2.28. The van der Waals surface area contributed by atoms with E-state index in [1.54, 1.807) is 4.90 Å². The normalized spacial score (nSPS) is 28.6. The van der Waals surface area contributed by atoms with Crippen molar-refractivity contribution in [2.24, 2.45) is 5.92 Å². The van der Waals surface area contributed by atoms with Crippen molar-refractivity contribution in [3.8, 4) is 0 Å². The fourth-order valence-corrected chi connectivity index (χ4v) is 1.99. The van der Waals surface area contributed by atoms with E-state index in [2.05, 4.69) is 0 Å². The third kappa shape index (κ3) is 2.12. The van der Waals surface area contributed by atoms with Crippen LogP contribution in [0.1, 0.15) is 19.3 Å². The Bertz CT molecular complexity index is 246. The van der Waals surface area contributed by atoms with E-state index in [1.165, 1.54) is 0 Å². The molecule has 0 bridgehead atoms. The fraction of sp³-hybridized carbons (Fsp3) is 0.800. The van der Waals surface area contributed by atoms with Crippen LogP contribution in [-0.4, -0.2) is 42.9 Å². The zero-order chi connectivity index (χ0) is 9.97. The summed E-state index contributed by atoms with van der Waals surface area (Å²) in [5.41, 5.74) is 0. The molecule has 2 heterocycles. The minimum absolute atomic E-state index is 0.00634. The van der Waals surface area contributed by atoms with E-state index in [1.807, 2.05) is 0 Å². The fourth-order valence-electron chi connectivity index (χ4n) is 1.99. The number of carbonyl (C=O) groups is 2. The highest BCUT2D eigenvalue weighted by Crippen LogP contribution is 2.16. The molecule has 2 aliphatic heterocycles. The first-order valence-corrected chi connectivity index (χ1v) is 5.13. The number of amides is 1. The van der Waals surface area contributed by atoms with E-state index >= 15 is 0 Å². The maximum atomic E-state index is 11.5. The van der Waals surface area contributed by atoms with Crippen LogP contribution >= 0.6 is 0 Å². The molecule has 0 radical (unpaired) electrons. The van der Waals surface area contributed by atoms with Gasteiger partial charge in [-0.15, -0.1) is 0 Å². The van der Waals surface area contributed by atoms with Gasteiger partial charge in [-0.05, 0) is 6.42 Å². The smallest absolute Gasteiger partial charge is 0.230 e. The number of carbonyl (C=O) groups excluding carboxylic acids is 2. The Morgan fingerprint density at radius 1 is 1.43 bits per heavy atom. The van der Waals surface area contributed by atoms with E-state index < -0.39 is 0 Å². The van der Waals surface area contributed by atoms with Crippen molar-refractivity contribution in [1.82, 2.24) is 4.90 Å². The van der Waals surface area contributed by atoms with Crippen LogP contribution in [0.25, 0.3) is 0 Å². The van der Waals surface area contributed by atoms with Gasteiger partial charge >= 0.3 is 0 Å². The van der Waals surface area contributed by atoms with Gasteiger partial charge in [-0.2, -0.15) is 0 Å². The Morgan fingerprint density at radius 2 is 2.29 bits per heavy atom. The Labute approximate surface area is 83.2 Å². The lowest BCUT2D eigenvalue weighted by atomic mass is 10.0. The second-order valence-corrected chi connectivity index (χ2v) is 4.03. The maximum absolute atomic E-state index is 11.5. The standard InChI is InChI=1S/C10H15NO3/c12-9-1-3-11(10(13)5-9)6-8-2-4-14-7-8/h8H,1-7H2. The Balaban J connectivity index is 1.85. The molecule has 1 atom stereocenters. The summed E-state index contributed by atoms with van der Waals surface area (Å²) < 4.78 is 5.25. The summed E-state index contributed by atoms with van der Waals surface area (Å²) in [6.07, 6.45) is 1.67. The molecule has 4 nitrogen and oxygen atoms in total. The Hall–Kier alpha value is -0.900. The average Bonchev–Trinajstić information content (AvgIpc) is 2.62. The summed E-state index contributed by atoms with van der Waals surface area (Å²) in [5, 5.41) is 0. The first-order chi connectivity index (χ1) is 6.75. The lowest BCUT2D eigenvalue weighted by Crippen LogP contribution is -2.41. The number of ketones is 1. The molecule has 1 unspecified atom stereocenters. The van der Waals surface area contributed by atoms with E-state index in [0.717, 1.165) is 26.2 Å². The minimum atomic E-state index is -0.00634.